The van der Waals surface area contributed by atoms with Gasteiger partial charge in [0.1, 0.15) is 5.54 Å². The molecule has 1 aromatic rings. The Bertz CT molecular complexity index is 481. The van der Waals surface area contributed by atoms with Crippen LogP contribution in [0.25, 0.3) is 0 Å². The molecule has 0 radical (unpaired) electrons. The summed E-state index contributed by atoms with van der Waals surface area (Å²) in [7, 11) is 0. The predicted octanol–water partition coefficient (Wildman–Crippen LogP) is 0.504. The molecule has 1 fully saturated rings. The number of carboxylic acids is 1. The molecule has 0 saturated heterocycles. The van der Waals surface area contributed by atoms with E-state index in [9.17, 15) is 14.7 Å². The highest BCUT2D eigenvalue weighted by Crippen LogP contribution is 2.35. The van der Waals surface area contributed by atoms with Crippen molar-refractivity contribution in [1.82, 2.24) is 5.32 Å². The molecule has 1 amide bonds. The number of amides is 1. The van der Waals surface area contributed by atoms with Gasteiger partial charge in [-0.1, -0.05) is 12.1 Å². The molecule has 0 aliphatic heterocycles. The Morgan fingerprint density at radius 3 is 2.56 bits per heavy atom. The van der Waals surface area contributed by atoms with Gasteiger partial charge in [0.2, 0.25) is 0 Å². The van der Waals surface area contributed by atoms with Crippen LogP contribution in [-0.4, -0.2) is 34.2 Å². The fraction of sp³-hybridized carbons (Fsp3) is 0.333. The number of ether oxygens (including phenoxy) is 1. The minimum Gasteiger partial charge on any atom is -0.504 e. The summed E-state index contributed by atoms with van der Waals surface area (Å²) in [6.07, 6.45) is 0.870. The number of aliphatic carboxylic acids is 1. The third-order valence-electron chi connectivity index (χ3n) is 2.76. The van der Waals surface area contributed by atoms with Crippen LogP contribution < -0.4 is 10.1 Å². The topological polar surface area (TPSA) is 95.9 Å². The van der Waals surface area contributed by atoms with Crippen molar-refractivity contribution in [2.24, 2.45) is 0 Å². The lowest BCUT2D eigenvalue weighted by Crippen LogP contribution is -2.45. The van der Waals surface area contributed by atoms with E-state index in [0.717, 1.165) is 0 Å². The molecule has 3 N–H and O–H groups in total. The van der Waals surface area contributed by atoms with Crippen LogP contribution in [0.4, 0.5) is 0 Å². The smallest absolute Gasteiger partial charge is 0.329 e. The van der Waals surface area contributed by atoms with Crippen LogP contribution in [-0.2, 0) is 9.59 Å². The molecule has 1 saturated carbocycles. The maximum atomic E-state index is 11.5. The first kappa shape index (κ1) is 12.2. The average molecular weight is 251 g/mol. The minimum atomic E-state index is -1.11. The van der Waals surface area contributed by atoms with Crippen LogP contribution >= 0.6 is 0 Å². The van der Waals surface area contributed by atoms with Crippen molar-refractivity contribution >= 4 is 11.9 Å². The lowest BCUT2D eigenvalue weighted by atomic mass is 10.3. The highest BCUT2D eigenvalue weighted by Gasteiger charge is 2.51. The van der Waals surface area contributed by atoms with Crippen LogP contribution in [0.15, 0.2) is 24.3 Å². The van der Waals surface area contributed by atoms with Gasteiger partial charge in [0.15, 0.2) is 18.1 Å². The number of carboxylic acid groups (broad SMARTS) is 1. The molecule has 6 heteroatoms. The molecule has 96 valence electrons. The number of aromatic hydroxyl groups is 1. The molecule has 0 aromatic heterocycles. The minimum absolute atomic E-state index is 0.0651. The largest absolute Gasteiger partial charge is 0.504 e. The molecule has 1 aliphatic rings. The fourth-order valence-electron chi connectivity index (χ4n) is 1.54. The quantitative estimate of drug-likeness (QED) is 0.708. The summed E-state index contributed by atoms with van der Waals surface area (Å²) in [4.78, 5) is 22.4. The lowest BCUT2D eigenvalue weighted by Gasteiger charge is -2.13. The Labute approximate surface area is 103 Å². The maximum Gasteiger partial charge on any atom is 0.329 e. The van der Waals surface area contributed by atoms with Crippen molar-refractivity contribution in [3.8, 4) is 11.5 Å². The number of para-hydroxylation sites is 2. The molecular weight excluding hydrogens is 238 g/mol. The first-order valence-corrected chi connectivity index (χ1v) is 5.49. The zero-order valence-corrected chi connectivity index (χ0v) is 9.55. The van der Waals surface area contributed by atoms with Crippen molar-refractivity contribution in [2.45, 2.75) is 18.4 Å². The molecule has 18 heavy (non-hydrogen) atoms. The van der Waals surface area contributed by atoms with E-state index >= 15 is 0 Å². The Balaban J connectivity index is 1.86. The van der Waals surface area contributed by atoms with Crippen LogP contribution in [0.3, 0.4) is 0 Å². The van der Waals surface area contributed by atoms with Crippen LogP contribution in [0, 0.1) is 0 Å². The summed E-state index contributed by atoms with van der Waals surface area (Å²) < 4.78 is 5.10. The van der Waals surface area contributed by atoms with Gasteiger partial charge in [-0.05, 0) is 25.0 Å². The lowest BCUT2D eigenvalue weighted by molar-refractivity contribution is -0.143. The van der Waals surface area contributed by atoms with Gasteiger partial charge < -0.3 is 20.3 Å². The number of carbonyl (C=O) groups excluding carboxylic acids is 1. The molecule has 0 spiro atoms. The molecule has 1 aromatic carbocycles. The second-order valence-electron chi connectivity index (χ2n) is 4.19. The third-order valence-corrected chi connectivity index (χ3v) is 2.76. The highest BCUT2D eigenvalue weighted by atomic mass is 16.5. The Hall–Kier alpha value is -2.24. The number of rotatable bonds is 5. The Morgan fingerprint density at radius 1 is 1.33 bits per heavy atom. The van der Waals surface area contributed by atoms with E-state index in [1.165, 1.54) is 12.1 Å². The zero-order valence-electron chi connectivity index (χ0n) is 9.55. The van der Waals surface area contributed by atoms with E-state index in [2.05, 4.69) is 5.32 Å². The average Bonchev–Trinajstić information content (AvgIpc) is 3.09. The number of phenols is 1. The zero-order chi connectivity index (χ0) is 13.2. The van der Waals surface area contributed by atoms with Crippen LogP contribution in [0.2, 0.25) is 0 Å². The van der Waals surface area contributed by atoms with Crippen LogP contribution in [0.1, 0.15) is 12.8 Å². The molecule has 0 bridgehead atoms. The van der Waals surface area contributed by atoms with Crippen LogP contribution in [0.5, 0.6) is 11.5 Å². The maximum absolute atomic E-state index is 11.5. The Morgan fingerprint density at radius 2 is 2.00 bits per heavy atom. The Kier molecular flexibility index (Phi) is 3.10. The number of hydrogen-bond acceptors (Lipinski definition) is 4. The third kappa shape index (κ3) is 2.53. The van der Waals surface area contributed by atoms with Gasteiger partial charge in [-0.3, -0.25) is 4.79 Å². The van der Waals surface area contributed by atoms with Crippen molar-refractivity contribution in [3.05, 3.63) is 24.3 Å². The van der Waals surface area contributed by atoms with Gasteiger partial charge in [0.25, 0.3) is 5.91 Å². The summed E-state index contributed by atoms with van der Waals surface area (Å²) in [6.45, 7) is -0.327. The number of phenolic OH excluding ortho intramolecular Hbond substituents is 1. The highest BCUT2D eigenvalue weighted by molar-refractivity contribution is 5.90. The normalized spacial score (nSPS) is 15.8. The van der Waals surface area contributed by atoms with Crippen molar-refractivity contribution in [2.75, 3.05) is 6.61 Å². The van der Waals surface area contributed by atoms with Crippen molar-refractivity contribution in [1.29, 1.82) is 0 Å². The SMILES string of the molecule is O=C(COc1ccccc1O)NC1(C(=O)O)CC1. The van der Waals surface area contributed by atoms with E-state index in [1.54, 1.807) is 12.1 Å². The monoisotopic (exact) mass is 251 g/mol. The second kappa shape index (κ2) is 4.56. The summed E-state index contributed by atoms with van der Waals surface area (Å²) in [5.41, 5.74) is -1.11. The van der Waals surface area contributed by atoms with Crippen molar-refractivity contribution in [3.63, 3.8) is 0 Å². The van der Waals surface area contributed by atoms with E-state index in [0.29, 0.717) is 12.8 Å². The fourth-order valence-corrected chi connectivity index (χ4v) is 1.54. The second-order valence-corrected chi connectivity index (χ2v) is 4.19. The number of nitrogens with one attached hydrogen (secondary N) is 1. The van der Waals surface area contributed by atoms with E-state index in [1.807, 2.05) is 0 Å². The van der Waals surface area contributed by atoms with Gasteiger partial charge in [-0.25, -0.2) is 4.79 Å². The number of benzene rings is 1. The van der Waals surface area contributed by atoms with Gasteiger partial charge >= 0.3 is 5.97 Å². The summed E-state index contributed by atoms with van der Waals surface area (Å²) in [5, 5.41) is 20.7. The van der Waals surface area contributed by atoms with E-state index < -0.39 is 17.4 Å². The van der Waals surface area contributed by atoms with Crippen molar-refractivity contribution < 1.29 is 24.5 Å². The molecule has 0 heterocycles. The van der Waals surface area contributed by atoms with Gasteiger partial charge in [-0.2, -0.15) is 0 Å². The predicted molar refractivity (Wildman–Crippen MR) is 61.3 cm³/mol. The molecular formula is C12H13NO5. The summed E-state index contributed by atoms with van der Waals surface area (Å²) in [6, 6.07) is 6.25. The van der Waals surface area contributed by atoms with E-state index in [-0.39, 0.29) is 18.1 Å². The molecule has 2 rings (SSSR count). The van der Waals surface area contributed by atoms with Gasteiger partial charge in [-0.15, -0.1) is 0 Å². The van der Waals surface area contributed by atoms with E-state index in [4.69, 9.17) is 9.84 Å². The van der Waals surface area contributed by atoms with Gasteiger partial charge in [0, 0.05) is 0 Å². The molecule has 6 nitrogen and oxygen atoms in total. The standard InChI is InChI=1S/C12H13NO5/c14-8-3-1-2-4-9(8)18-7-10(15)13-12(5-6-12)11(16)17/h1-4,14H,5-7H2,(H,13,15)(H,16,17). The summed E-state index contributed by atoms with van der Waals surface area (Å²) >= 11 is 0. The molecule has 0 unspecified atom stereocenters. The first-order chi connectivity index (χ1) is 8.53. The first-order valence-electron chi connectivity index (χ1n) is 5.49. The number of carbonyl (C=O) groups is 2. The van der Waals surface area contributed by atoms with Gasteiger partial charge in [0.05, 0.1) is 0 Å². The molecule has 1 aliphatic carbocycles. The summed E-state index contributed by atoms with van der Waals surface area (Å²) in [5.74, 6) is -1.42. The molecule has 0 atom stereocenters. The number of hydrogen-bond donors (Lipinski definition) is 3.